The number of rotatable bonds is 2. The molecular weight excluding hydrogens is 218 g/mol. The molecule has 0 unspecified atom stereocenters. The van der Waals surface area contributed by atoms with Crippen molar-refractivity contribution >= 4 is 11.7 Å². The summed E-state index contributed by atoms with van der Waals surface area (Å²) < 4.78 is 0. The summed E-state index contributed by atoms with van der Waals surface area (Å²) in [5.74, 6) is 0.317. The molecule has 0 aliphatic heterocycles. The van der Waals surface area contributed by atoms with E-state index in [1.807, 2.05) is 13.8 Å². The second kappa shape index (κ2) is 4.41. The maximum absolute atomic E-state index is 12.0. The largest absolute Gasteiger partial charge is 0.392 e. The van der Waals surface area contributed by atoms with Crippen LogP contribution in [0.25, 0.3) is 0 Å². The molecule has 2 fully saturated rings. The van der Waals surface area contributed by atoms with Gasteiger partial charge in [0, 0.05) is 30.2 Å². The van der Waals surface area contributed by atoms with Crippen LogP contribution < -0.4 is 5.32 Å². The highest BCUT2D eigenvalue weighted by molar-refractivity contribution is 5.84. The zero-order valence-electron chi connectivity index (χ0n) is 10.5. The second-order valence-corrected chi connectivity index (χ2v) is 5.95. The molecule has 2 rings (SSSR count). The van der Waals surface area contributed by atoms with Crippen molar-refractivity contribution in [2.24, 2.45) is 11.3 Å². The molecule has 0 radical (unpaired) electrons. The van der Waals surface area contributed by atoms with E-state index in [1.54, 1.807) is 0 Å². The molecule has 2 atom stereocenters. The Labute approximate surface area is 102 Å². The quantitative estimate of drug-likeness (QED) is 0.756. The van der Waals surface area contributed by atoms with Gasteiger partial charge in [0.2, 0.25) is 5.91 Å². The molecule has 0 aromatic rings. The van der Waals surface area contributed by atoms with Gasteiger partial charge in [0.15, 0.2) is 0 Å². The predicted octanol–water partition coefficient (Wildman–Crippen LogP) is 1.02. The summed E-state index contributed by atoms with van der Waals surface area (Å²) in [5, 5.41) is 12.6. The predicted molar refractivity (Wildman–Crippen MR) is 63.3 cm³/mol. The minimum absolute atomic E-state index is 0.0127. The fraction of sp³-hybridized carbons (Fsp3) is 0.846. The molecule has 1 amide bonds. The summed E-state index contributed by atoms with van der Waals surface area (Å²) in [7, 11) is 0. The number of carbonyl (C=O) groups excluding carboxylic acids is 2. The van der Waals surface area contributed by atoms with Crippen LogP contribution in [0.5, 0.6) is 0 Å². The standard InChI is InChI=1S/C13H21NO3/c1-13(2)10(7-11(13)16)14-12(17)8-3-5-9(15)6-4-8/h8,10-11,16H,3-7H2,1-2H3,(H,14,17)/t10-,11-/m0/s1. The first-order chi connectivity index (χ1) is 7.91. The summed E-state index contributed by atoms with van der Waals surface area (Å²) in [4.78, 5) is 23.1. The van der Waals surface area contributed by atoms with Crippen molar-refractivity contribution in [3.63, 3.8) is 0 Å². The summed E-state index contributed by atoms with van der Waals surface area (Å²) in [5.41, 5.74) is -0.222. The molecule has 0 spiro atoms. The smallest absolute Gasteiger partial charge is 0.223 e. The topological polar surface area (TPSA) is 66.4 Å². The zero-order chi connectivity index (χ0) is 12.6. The van der Waals surface area contributed by atoms with Gasteiger partial charge in [-0.1, -0.05) is 13.8 Å². The van der Waals surface area contributed by atoms with E-state index in [9.17, 15) is 14.7 Å². The Morgan fingerprint density at radius 2 is 1.94 bits per heavy atom. The molecule has 2 saturated carbocycles. The molecule has 2 N–H and O–H groups in total. The second-order valence-electron chi connectivity index (χ2n) is 5.95. The molecule has 4 heteroatoms. The summed E-state index contributed by atoms with van der Waals surface area (Å²) in [6.45, 7) is 3.94. The van der Waals surface area contributed by atoms with Gasteiger partial charge >= 0.3 is 0 Å². The number of hydrogen-bond donors (Lipinski definition) is 2. The van der Waals surface area contributed by atoms with Crippen molar-refractivity contribution in [2.45, 2.75) is 58.1 Å². The third-order valence-electron chi connectivity index (χ3n) is 4.45. The maximum Gasteiger partial charge on any atom is 0.223 e. The molecule has 96 valence electrons. The Balaban J connectivity index is 1.84. The summed E-state index contributed by atoms with van der Waals surface area (Å²) in [6.07, 6.45) is 2.76. The first kappa shape index (κ1) is 12.6. The van der Waals surface area contributed by atoms with Crippen LogP contribution in [0.4, 0.5) is 0 Å². The van der Waals surface area contributed by atoms with Gasteiger partial charge < -0.3 is 10.4 Å². The van der Waals surface area contributed by atoms with E-state index >= 15 is 0 Å². The molecule has 2 aliphatic carbocycles. The van der Waals surface area contributed by atoms with Crippen LogP contribution in [0.3, 0.4) is 0 Å². The van der Waals surface area contributed by atoms with Crippen LogP contribution in [-0.4, -0.2) is 28.9 Å². The Bertz CT molecular complexity index is 328. The van der Waals surface area contributed by atoms with Crippen LogP contribution in [0.1, 0.15) is 46.0 Å². The Morgan fingerprint density at radius 1 is 1.35 bits per heavy atom. The third kappa shape index (κ3) is 2.37. The summed E-state index contributed by atoms with van der Waals surface area (Å²) >= 11 is 0. The lowest BCUT2D eigenvalue weighted by Gasteiger charge is -2.49. The minimum Gasteiger partial charge on any atom is -0.392 e. The SMILES string of the molecule is CC1(C)[C@@H](NC(=O)C2CCC(=O)CC2)C[C@@H]1O. The lowest BCUT2D eigenvalue weighted by molar-refractivity contribution is -0.135. The molecule has 0 aromatic heterocycles. The fourth-order valence-electron chi connectivity index (χ4n) is 2.64. The van der Waals surface area contributed by atoms with E-state index in [0.29, 0.717) is 32.1 Å². The number of hydrogen-bond acceptors (Lipinski definition) is 3. The number of nitrogens with one attached hydrogen (secondary N) is 1. The first-order valence-corrected chi connectivity index (χ1v) is 6.41. The Hall–Kier alpha value is -0.900. The van der Waals surface area contributed by atoms with Crippen molar-refractivity contribution < 1.29 is 14.7 Å². The van der Waals surface area contributed by atoms with Crippen LogP contribution in [0.2, 0.25) is 0 Å². The molecular formula is C13H21NO3. The highest BCUT2D eigenvalue weighted by atomic mass is 16.3. The minimum atomic E-state index is -0.319. The number of carbonyl (C=O) groups is 2. The van der Waals surface area contributed by atoms with Crippen molar-refractivity contribution in [1.82, 2.24) is 5.32 Å². The van der Waals surface area contributed by atoms with Gasteiger partial charge in [-0.2, -0.15) is 0 Å². The van der Waals surface area contributed by atoms with Crippen molar-refractivity contribution in [3.8, 4) is 0 Å². The highest BCUT2D eigenvalue weighted by Gasteiger charge is 2.48. The lowest BCUT2D eigenvalue weighted by atomic mass is 9.64. The van der Waals surface area contributed by atoms with Gasteiger partial charge in [0.05, 0.1) is 6.10 Å². The normalized spacial score (nSPS) is 33.0. The fourth-order valence-corrected chi connectivity index (χ4v) is 2.64. The van der Waals surface area contributed by atoms with Gasteiger partial charge in [-0.05, 0) is 19.3 Å². The molecule has 0 heterocycles. The average Bonchev–Trinajstić information content (AvgIpc) is 2.29. The number of amides is 1. The molecule has 0 bridgehead atoms. The van der Waals surface area contributed by atoms with Crippen molar-refractivity contribution in [1.29, 1.82) is 0 Å². The molecule has 0 aromatic carbocycles. The number of Topliss-reactive ketones (excluding diaryl/α,β-unsaturated/α-hetero) is 1. The van der Waals surface area contributed by atoms with Gasteiger partial charge in [-0.25, -0.2) is 0 Å². The van der Waals surface area contributed by atoms with Crippen LogP contribution >= 0.6 is 0 Å². The monoisotopic (exact) mass is 239 g/mol. The molecule has 17 heavy (non-hydrogen) atoms. The van der Waals surface area contributed by atoms with E-state index in [1.165, 1.54) is 0 Å². The van der Waals surface area contributed by atoms with Crippen LogP contribution in [-0.2, 0) is 9.59 Å². The van der Waals surface area contributed by atoms with Crippen molar-refractivity contribution in [3.05, 3.63) is 0 Å². The van der Waals surface area contributed by atoms with Crippen molar-refractivity contribution in [2.75, 3.05) is 0 Å². The van der Waals surface area contributed by atoms with Gasteiger partial charge in [0.1, 0.15) is 5.78 Å². The van der Waals surface area contributed by atoms with Gasteiger partial charge in [-0.3, -0.25) is 9.59 Å². The highest BCUT2D eigenvalue weighted by Crippen LogP contribution is 2.40. The molecule has 0 saturated heterocycles. The molecule has 2 aliphatic rings. The Kier molecular flexibility index (Phi) is 3.25. The first-order valence-electron chi connectivity index (χ1n) is 6.41. The average molecular weight is 239 g/mol. The van der Waals surface area contributed by atoms with E-state index in [0.717, 1.165) is 0 Å². The lowest BCUT2D eigenvalue weighted by Crippen LogP contribution is -2.61. The van der Waals surface area contributed by atoms with E-state index in [4.69, 9.17) is 0 Å². The number of ketones is 1. The number of aliphatic hydroxyl groups is 1. The Morgan fingerprint density at radius 3 is 2.41 bits per heavy atom. The van der Waals surface area contributed by atoms with Gasteiger partial charge in [-0.15, -0.1) is 0 Å². The van der Waals surface area contributed by atoms with Crippen LogP contribution in [0, 0.1) is 11.3 Å². The zero-order valence-corrected chi connectivity index (χ0v) is 10.5. The third-order valence-corrected chi connectivity index (χ3v) is 4.45. The molecule has 4 nitrogen and oxygen atoms in total. The van der Waals surface area contributed by atoms with E-state index in [-0.39, 0.29) is 35.2 Å². The summed E-state index contributed by atoms with van der Waals surface area (Å²) in [6, 6.07) is 0.0719. The van der Waals surface area contributed by atoms with Gasteiger partial charge in [0.25, 0.3) is 0 Å². The number of aliphatic hydroxyl groups excluding tert-OH is 1. The van der Waals surface area contributed by atoms with E-state index in [2.05, 4.69) is 5.32 Å². The van der Waals surface area contributed by atoms with Crippen LogP contribution in [0.15, 0.2) is 0 Å². The maximum atomic E-state index is 12.0. The van der Waals surface area contributed by atoms with E-state index < -0.39 is 0 Å².